The highest BCUT2D eigenvalue weighted by Gasteiger charge is 2.45. The number of rotatable bonds is 8. The zero-order chi connectivity index (χ0) is 13.3. The summed E-state index contributed by atoms with van der Waals surface area (Å²) in [6, 6.07) is 0. The summed E-state index contributed by atoms with van der Waals surface area (Å²) in [7, 11) is 0. The lowest BCUT2D eigenvalue weighted by Crippen LogP contribution is -2.32. The predicted molar refractivity (Wildman–Crippen MR) is 59.6 cm³/mol. The van der Waals surface area contributed by atoms with Crippen LogP contribution in [0.5, 0.6) is 0 Å². The van der Waals surface area contributed by atoms with Crippen molar-refractivity contribution in [1.29, 1.82) is 0 Å². The molecular weight excluding hydrogens is 233 g/mol. The topological polar surface area (TPSA) is 26.3 Å². The molecule has 0 aromatic heterocycles. The Balaban J connectivity index is 4.08. The quantitative estimate of drug-likeness (QED) is 0.481. The van der Waals surface area contributed by atoms with Crippen molar-refractivity contribution >= 4 is 5.97 Å². The Bertz CT molecular complexity index is 214. The van der Waals surface area contributed by atoms with E-state index in [1.54, 1.807) is 0 Å². The molecule has 0 spiro atoms. The van der Waals surface area contributed by atoms with Gasteiger partial charge in [-0.15, -0.1) is 0 Å². The molecule has 0 heterocycles. The summed E-state index contributed by atoms with van der Waals surface area (Å²) in [6.45, 7) is 3.53. The van der Waals surface area contributed by atoms with Crippen molar-refractivity contribution < 1.29 is 22.7 Å². The highest BCUT2D eigenvalue weighted by Crippen LogP contribution is 2.31. The molecule has 0 saturated carbocycles. The Kier molecular flexibility index (Phi) is 8.00. The van der Waals surface area contributed by atoms with E-state index in [0.29, 0.717) is 6.42 Å². The van der Waals surface area contributed by atoms with Gasteiger partial charge in [-0.1, -0.05) is 39.0 Å². The van der Waals surface area contributed by atoms with Crippen molar-refractivity contribution in [2.24, 2.45) is 5.92 Å². The first-order valence-electron chi connectivity index (χ1n) is 6.16. The van der Waals surface area contributed by atoms with Crippen molar-refractivity contribution in [2.75, 3.05) is 6.61 Å². The van der Waals surface area contributed by atoms with Crippen molar-refractivity contribution in [3.05, 3.63) is 0 Å². The van der Waals surface area contributed by atoms with Gasteiger partial charge in [0.05, 0.1) is 6.61 Å². The van der Waals surface area contributed by atoms with Gasteiger partial charge in [-0.3, -0.25) is 4.79 Å². The molecule has 17 heavy (non-hydrogen) atoms. The maximum Gasteiger partial charge on any atom is 0.402 e. The van der Waals surface area contributed by atoms with E-state index in [1.807, 2.05) is 6.92 Å². The van der Waals surface area contributed by atoms with Crippen LogP contribution >= 0.6 is 0 Å². The second kappa shape index (κ2) is 8.37. The fraction of sp³-hybridized carbons (Fsp3) is 0.917. The minimum absolute atomic E-state index is 0.0127. The first-order valence-corrected chi connectivity index (χ1v) is 6.16. The van der Waals surface area contributed by atoms with Crippen LogP contribution in [0.25, 0.3) is 0 Å². The highest BCUT2D eigenvalue weighted by atomic mass is 19.4. The molecule has 1 unspecified atom stereocenters. The molecule has 0 aliphatic carbocycles. The Morgan fingerprint density at radius 1 is 1.12 bits per heavy atom. The second-order valence-corrected chi connectivity index (χ2v) is 4.05. The average Bonchev–Trinajstić information content (AvgIpc) is 2.21. The molecule has 0 bridgehead atoms. The van der Waals surface area contributed by atoms with Crippen LogP contribution in [-0.4, -0.2) is 18.8 Å². The third-order valence-electron chi connectivity index (χ3n) is 2.56. The van der Waals surface area contributed by atoms with Crippen LogP contribution in [0.4, 0.5) is 13.2 Å². The lowest BCUT2D eigenvalue weighted by atomic mass is 10.00. The van der Waals surface area contributed by atoms with Gasteiger partial charge >= 0.3 is 12.1 Å². The summed E-state index contributed by atoms with van der Waals surface area (Å²) in [5, 5.41) is 0. The first-order chi connectivity index (χ1) is 7.93. The minimum Gasteiger partial charge on any atom is -0.466 e. The molecule has 0 N–H and O–H groups in total. The third-order valence-corrected chi connectivity index (χ3v) is 2.56. The van der Waals surface area contributed by atoms with Gasteiger partial charge in [-0.05, 0) is 13.3 Å². The molecule has 102 valence electrons. The van der Waals surface area contributed by atoms with E-state index >= 15 is 0 Å². The number of alkyl halides is 3. The van der Waals surface area contributed by atoms with Crippen LogP contribution in [0.1, 0.15) is 52.4 Å². The van der Waals surface area contributed by atoms with E-state index in [2.05, 4.69) is 4.74 Å². The highest BCUT2D eigenvalue weighted by molar-refractivity contribution is 5.73. The molecule has 0 aromatic rings. The molecular formula is C12H21F3O2. The van der Waals surface area contributed by atoms with E-state index < -0.39 is 18.1 Å². The number of carbonyl (C=O) groups excluding carboxylic acids is 1. The second-order valence-electron chi connectivity index (χ2n) is 4.05. The summed E-state index contributed by atoms with van der Waals surface area (Å²) in [5.74, 6) is -3.10. The molecule has 0 aliphatic rings. The Morgan fingerprint density at radius 2 is 1.71 bits per heavy atom. The largest absolute Gasteiger partial charge is 0.466 e. The van der Waals surface area contributed by atoms with Gasteiger partial charge in [0.15, 0.2) is 5.92 Å². The number of ether oxygens (including phenoxy) is 1. The van der Waals surface area contributed by atoms with Gasteiger partial charge in [-0.2, -0.15) is 13.2 Å². The molecule has 0 aliphatic heterocycles. The van der Waals surface area contributed by atoms with Crippen molar-refractivity contribution in [3.8, 4) is 0 Å². The molecule has 2 nitrogen and oxygen atoms in total. The van der Waals surface area contributed by atoms with Gasteiger partial charge in [0.2, 0.25) is 0 Å². The third kappa shape index (κ3) is 7.23. The summed E-state index contributed by atoms with van der Waals surface area (Å²) >= 11 is 0. The van der Waals surface area contributed by atoms with E-state index in [4.69, 9.17) is 0 Å². The van der Waals surface area contributed by atoms with E-state index in [1.165, 1.54) is 6.92 Å². The lowest BCUT2D eigenvalue weighted by Gasteiger charge is -2.18. The number of carbonyl (C=O) groups is 1. The number of hydrogen-bond donors (Lipinski definition) is 0. The molecule has 0 rings (SSSR count). The first kappa shape index (κ1) is 16.3. The zero-order valence-electron chi connectivity index (χ0n) is 10.5. The van der Waals surface area contributed by atoms with Gasteiger partial charge in [0, 0.05) is 0 Å². The Hall–Kier alpha value is -0.740. The zero-order valence-corrected chi connectivity index (χ0v) is 10.5. The fourth-order valence-corrected chi connectivity index (χ4v) is 1.61. The van der Waals surface area contributed by atoms with Crippen LogP contribution in [0.15, 0.2) is 0 Å². The minimum atomic E-state index is -4.49. The number of unbranched alkanes of at least 4 members (excludes halogenated alkanes) is 4. The van der Waals surface area contributed by atoms with Crippen LogP contribution < -0.4 is 0 Å². The molecule has 0 amide bonds. The van der Waals surface area contributed by atoms with Gasteiger partial charge in [0.1, 0.15) is 0 Å². The van der Waals surface area contributed by atoms with Gasteiger partial charge < -0.3 is 4.74 Å². The summed E-state index contributed by atoms with van der Waals surface area (Å²) in [5.41, 5.74) is 0. The van der Waals surface area contributed by atoms with Gasteiger partial charge in [0.25, 0.3) is 0 Å². The standard InChI is InChI=1S/C12H21F3O2/c1-3-5-6-7-8-9-10(12(13,14)15)11(16)17-4-2/h10H,3-9H2,1-2H3. The molecule has 0 aromatic carbocycles. The number of halogens is 3. The van der Waals surface area contributed by atoms with Crippen molar-refractivity contribution in [1.82, 2.24) is 0 Å². The molecule has 0 fully saturated rings. The lowest BCUT2D eigenvalue weighted by molar-refractivity contribution is -0.198. The summed E-state index contributed by atoms with van der Waals surface area (Å²) in [4.78, 5) is 11.2. The van der Waals surface area contributed by atoms with E-state index in [9.17, 15) is 18.0 Å². The number of hydrogen-bond acceptors (Lipinski definition) is 2. The Morgan fingerprint density at radius 3 is 2.18 bits per heavy atom. The van der Waals surface area contributed by atoms with E-state index in [-0.39, 0.29) is 13.0 Å². The smallest absolute Gasteiger partial charge is 0.402 e. The SMILES string of the molecule is CCCCCCCC(C(=O)OCC)C(F)(F)F. The van der Waals surface area contributed by atoms with Crippen LogP contribution in [0, 0.1) is 5.92 Å². The van der Waals surface area contributed by atoms with E-state index in [0.717, 1.165) is 25.7 Å². The van der Waals surface area contributed by atoms with Crippen LogP contribution in [-0.2, 0) is 9.53 Å². The summed E-state index contributed by atoms with van der Waals surface area (Å²) < 4.78 is 42.2. The average molecular weight is 254 g/mol. The predicted octanol–water partition coefficient (Wildman–Crippen LogP) is 4.09. The van der Waals surface area contributed by atoms with Crippen molar-refractivity contribution in [2.45, 2.75) is 58.5 Å². The monoisotopic (exact) mass is 254 g/mol. The fourth-order valence-electron chi connectivity index (χ4n) is 1.61. The maximum atomic E-state index is 12.6. The summed E-state index contributed by atoms with van der Waals surface area (Å²) in [6.07, 6.45) is -0.507. The van der Waals surface area contributed by atoms with Crippen LogP contribution in [0.2, 0.25) is 0 Å². The van der Waals surface area contributed by atoms with Crippen LogP contribution in [0.3, 0.4) is 0 Å². The number of esters is 1. The normalized spacial score (nSPS) is 13.5. The molecule has 0 radical (unpaired) electrons. The molecule has 1 atom stereocenters. The molecule has 0 saturated heterocycles. The maximum absolute atomic E-state index is 12.6. The Labute approximate surface area is 101 Å². The van der Waals surface area contributed by atoms with Crippen molar-refractivity contribution in [3.63, 3.8) is 0 Å². The van der Waals surface area contributed by atoms with Gasteiger partial charge in [-0.25, -0.2) is 0 Å². The molecule has 5 heteroatoms.